The Bertz CT molecular complexity index is 615. The van der Waals surface area contributed by atoms with Crippen molar-refractivity contribution in [1.82, 2.24) is 0 Å². The van der Waals surface area contributed by atoms with Gasteiger partial charge in [0.15, 0.2) is 0 Å². The van der Waals surface area contributed by atoms with E-state index in [1.54, 1.807) is 21.3 Å². The highest BCUT2D eigenvalue weighted by atomic mass is 16.9. The zero-order valence-corrected chi connectivity index (χ0v) is 29.9. The molecule has 0 aromatic rings. The van der Waals surface area contributed by atoms with Gasteiger partial charge in [-0.2, -0.15) is 0 Å². The first kappa shape index (κ1) is 47.4. The molecule has 0 N–H and O–H groups in total. The fourth-order valence-corrected chi connectivity index (χ4v) is 3.43. The van der Waals surface area contributed by atoms with Gasteiger partial charge in [0.05, 0.1) is 145 Å². The molecular weight excluding hydrogens is 639 g/mol. The predicted octanol–water partition coefficient (Wildman–Crippen LogP) is 1.00. The summed E-state index contributed by atoms with van der Waals surface area (Å²) >= 11 is 0. The van der Waals surface area contributed by atoms with Gasteiger partial charge in [-0.3, -0.25) is 0 Å². The first-order valence-corrected chi connectivity index (χ1v) is 16.7. The van der Waals surface area contributed by atoms with Crippen LogP contribution in [0.5, 0.6) is 0 Å². The second-order valence-electron chi connectivity index (χ2n) is 9.72. The van der Waals surface area contributed by atoms with Crippen LogP contribution in [0.2, 0.25) is 0 Å². The van der Waals surface area contributed by atoms with Crippen molar-refractivity contribution in [1.29, 1.82) is 0 Å². The van der Waals surface area contributed by atoms with Crippen LogP contribution < -0.4 is 0 Å². The molecule has 0 fully saturated rings. The summed E-state index contributed by atoms with van der Waals surface area (Å²) < 4.78 is 88.3. The highest BCUT2D eigenvalue weighted by Crippen LogP contribution is 2.24. The quantitative estimate of drug-likeness (QED) is 0.0506. The van der Waals surface area contributed by atoms with Gasteiger partial charge in [-0.1, -0.05) is 13.3 Å². The third kappa shape index (κ3) is 30.3. The van der Waals surface area contributed by atoms with Gasteiger partial charge in [0, 0.05) is 27.9 Å². The first-order chi connectivity index (χ1) is 23.7. The Kier molecular flexibility index (Phi) is 38.7. The van der Waals surface area contributed by atoms with E-state index in [1.807, 2.05) is 0 Å². The fourth-order valence-electron chi connectivity index (χ4n) is 3.43. The first-order valence-electron chi connectivity index (χ1n) is 16.7. The smallest absolute Gasteiger partial charge is 0.322 e. The Hall–Kier alpha value is -0.575. The molecule has 2 radical (unpaired) electrons. The molecule has 0 aliphatic rings. The van der Waals surface area contributed by atoms with Gasteiger partial charge in [-0.25, -0.2) is 0 Å². The van der Waals surface area contributed by atoms with Gasteiger partial charge in [-0.15, -0.1) is 0 Å². The minimum Gasteiger partial charge on any atom is -0.397 e. The van der Waals surface area contributed by atoms with Crippen LogP contribution in [0.15, 0.2) is 0 Å². The van der Waals surface area contributed by atoms with Gasteiger partial charge < -0.3 is 75.7 Å². The van der Waals surface area contributed by atoms with E-state index >= 15 is 0 Å². The fraction of sp³-hybridized carbons (Fsp3) is 1.00. The molecule has 0 saturated heterocycles. The maximum absolute atomic E-state index is 6.00. The molecule has 2 atom stereocenters. The molecule has 0 heterocycles. The van der Waals surface area contributed by atoms with Gasteiger partial charge >= 0.3 is 5.97 Å². The number of hydrogen-bond donors (Lipinski definition) is 0. The van der Waals surface area contributed by atoms with Gasteiger partial charge in [0.1, 0.15) is 0 Å². The van der Waals surface area contributed by atoms with E-state index in [-0.39, 0.29) is 46.2 Å². The number of unbranched alkanes of at least 4 members (excludes halogenated alkanes) is 1. The van der Waals surface area contributed by atoms with Crippen molar-refractivity contribution in [2.45, 2.75) is 32.0 Å². The average Bonchev–Trinajstić information content (AvgIpc) is 3.10. The normalized spacial score (nSPS) is 13.7. The minimum atomic E-state index is -1.95. The van der Waals surface area contributed by atoms with Gasteiger partial charge in [0.2, 0.25) is 6.29 Å². The molecule has 2 unspecified atom stereocenters. The van der Waals surface area contributed by atoms with Crippen molar-refractivity contribution < 1.29 is 75.7 Å². The highest BCUT2D eigenvalue weighted by molar-refractivity contribution is 5.98. The van der Waals surface area contributed by atoms with Crippen molar-refractivity contribution in [3.8, 4) is 0 Å². The van der Waals surface area contributed by atoms with E-state index in [9.17, 15) is 0 Å². The van der Waals surface area contributed by atoms with Crippen LogP contribution in [0.4, 0.5) is 0 Å². The second-order valence-corrected chi connectivity index (χ2v) is 9.72. The molecule has 0 aliphatic heterocycles. The van der Waals surface area contributed by atoms with E-state index < -0.39 is 12.3 Å². The topological polar surface area (TPSA) is 148 Å². The Morgan fingerprint density at radius 1 is 0.396 bits per heavy atom. The van der Waals surface area contributed by atoms with Crippen molar-refractivity contribution in [3.63, 3.8) is 0 Å². The molecule has 48 heavy (non-hydrogen) atoms. The van der Waals surface area contributed by atoms with Crippen molar-refractivity contribution in [2.24, 2.45) is 0 Å². The SMILES string of the molecule is [B]OC(OCCOCCOCCOC)(OCCOCCOCCOCCOC)C(OCCOCCCC)OCCOCCOCCOC. The molecule has 0 aromatic carbocycles. The lowest BCUT2D eigenvalue weighted by molar-refractivity contribution is -0.432. The number of methoxy groups -OCH3 is 3. The number of ether oxygens (including phenoxy) is 15. The summed E-state index contributed by atoms with van der Waals surface area (Å²) in [6, 6.07) is 0. The van der Waals surface area contributed by atoms with Crippen LogP contribution >= 0.6 is 0 Å². The Morgan fingerprint density at radius 3 is 1.00 bits per heavy atom. The second kappa shape index (κ2) is 39.2. The molecule has 286 valence electrons. The standard InChI is InChI=1S/C31H63BO16/c1-5-6-7-36-22-26-44-30(45-27-23-41-19-15-38-12-9-34-3)31(48-32,46-28-24-42-20-16-39-13-10-35-4)47-29-25-43-21-18-40-17-14-37-11-8-33-2/h30H,5-29H2,1-4H3. The predicted molar refractivity (Wildman–Crippen MR) is 174 cm³/mol. The summed E-state index contributed by atoms with van der Waals surface area (Å²) in [4.78, 5) is 0. The highest BCUT2D eigenvalue weighted by Gasteiger charge is 2.44. The molecule has 0 saturated carbocycles. The summed E-state index contributed by atoms with van der Waals surface area (Å²) in [7, 11) is 10.6. The molecule has 0 amide bonds. The van der Waals surface area contributed by atoms with Crippen LogP contribution in [0.1, 0.15) is 19.8 Å². The van der Waals surface area contributed by atoms with Crippen LogP contribution in [-0.4, -0.2) is 194 Å². The Balaban J connectivity index is 5.04. The molecule has 0 aliphatic carbocycles. The minimum absolute atomic E-state index is 0.0387. The van der Waals surface area contributed by atoms with Crippen molar-refractivity contribution in [2.75, 3.05) is 173 Å². The van der Waals surface area contributed by atoms with E-state index in [4.69, 9.17) is 83.8 Å². The third-order valence-corrected chi connectivity index (χ3v) is 5.93. The zero-order valence-electron chi connectivity index (χ0n) is 29.9. The summed E-state index contributed by atoms with van der Waals surface area (Å²) in [5.74, 6) is -1.95. The van der Waals surface area contributed by atoms with Gasteiger partial charge in [-0.05, 0) is 6.42 Å². The van der Waals surface area contributed by atoms with Crippen molar-refractivity contribution in [3.05, 3.63) is 0 Å². The molecule has 0 aromatic heterocycles. The van der Waals surface area contributed by atoms with E-state index in [1.165, 1.54) is 0 Å². The monoisotopic (exact) mass is 702 g/mol. The molecular formula is C31H63BO16. The van der Waals surface area contributed by atoms with Crippen LogP contribution in [0, 0.1) is 0 Å². The Morgan fingerprint density at radius 2 is 0.688 bits per heavy atom. The average molecular weight is 703 g/mol. The van der Waals surface area contributed by atoms with Gasteiger partial charge in [0.25, 0.3) is 8.05 Å². The molecule has 16 nitrogen and oxygen atoms in total. The lowest BCUT2D eigenvalue weighted by atomic mass is 10.4. The van der Waals surface area contributed by atoms with E-state index in [2.05, 4.69) is 6.92 Å². The Labute approximate surface area is 289 Å². The van der Waals surface area contributed by atoms with Crippen LogP contribution in [-0.2, 0) is 75.7 Å². The largest absolute Gasteiger partial charge is 0.397 e. The summed E-state index contributed by atoms with van der Waals surface area (Å²) in [5, 5.41) is 0. The van der Waals surface area contributed by atoms with Crippen LogP contribution in [0.3, 0.4) is 0 Å². The lowest BCUT2D eigenvalue weighted by Gasteiger charge is -2.38. The summed E-state index contributed by atoms with van der Waals surface area (Å²) in [6.45, 7) is 10.3. The lowest BCUT2D eigenvalue weighted by Crippen LogP contribution is -2.53. The number of hydrogen-bond acceptors (Lipinski definition) is 16. The van der Waals surface area contributed by atoms with E-state index in [0.29, 0.717) is 106 Å². The molecule has 0 spiro atoms. The van der Waals surface area contributed by atoms with E-state index in [0.717, 1.165) is 12.8 Å². The summed E-state index contributed by atoms with van der Waals surface area (Å²) in [6.07, 6.45) is 0.756. The third-order valence-electron chi connectivity index (χ3n) is 5.93. The van der Waals surface area contributed by atoms with Crippen LogP contribution in [0.25, 0.3) is 0 Å². The van der Waals surface area contributed by atoms with Crippen molar-refractivity contribution >= 4 is 8.05 Å². The maximum Gasteiger partial charge on any atom is 0.322 e. The molecule has 0 bridgehead atoms. The summed E-state index contributed by atoms with van der Waals surface area (Å²) in [5.41, 5.74) is 0. The maximum atomic E-state index is 6.00. The number of rotatable bonds is 42. The zero-order chi connectivity index (χ0) is 35.1. The molecule has 17 heteroatoms. The molecule has 0 rings (SSSR count).